The molecular formula is C20H22O4. The Balaban J connectivity index is 1.89. The number of rotatable bonds is 8. The molecule has 0 aliphatic heterocycles. The number of hydrogen-bond donors (Lipinski definition) is 1. The van der Waals surface area contributed by atoms with Gasteiger partial charge in [0.1, 0.15) is 0 Å². The van der Waals surface area contributed by atoms with Gasteiger partial charge in [0.25, 0.3) is 0 Å². The lowest BCUT2D eigenvalue weighted by Crippen LogP contribution is -2.00. The number of unbranched alkanes of at least 4 members (excludes halogenated alkanes) is 2. The smallest absolute Gasteiger partial charge is 0.337 e. The fourth-order valence-electron chi connectivity index (χ4n) is 2.56. The first-order valence-electron chi connectivity index (χ1n) is 8.09. The second-order valence-electron chi connectivity index (χ2n) is 5.72. The van der Waals surface area contributed by atoms with Crippen LogP contribution in [0.2, 0.25) is 0 Å². The monoisotopic (exact) mass is 326 g/mol. The van der Waals surface area contributed by atoms with Gasteiger partial charge in [0.2, 0.25) is 0 Å². The minimum absolute atomic E-state index is 0.251. The Morgan fingerprint density at radius 3 is 2.00 bits per heavy atom. The van der Waals surface area contributed by atoms with Crippen molar-refractivity contribution in [2.75, 3.05) is 7.11 Å². The van der Waals surface area contributed by atoms with Crippen molar-refractivity contribution < 1.29 is 19.4 Å². The summed E-state index contributed by atoms with van der Waals surface area (Å²) in [6.45, 7) is 0. The van der Waals surface area contributed by atoms with Crippen LogP contribution in [-0.4, -0.2) is 24.2 Å². The maximum atomic E-state index is 11.4. The van der Waals surface area contributed by atoms with Gasteiger partial charge in [0.05, 0.1) is 12.7 Å². The van der Waals surface area contributed by atoms with E-state index >= 15 is 0 Å². The zero-order valence-electron chi connectivity index (χ0n) is 13.8. The van der Waals surface area contributed by atoms with Gasteiger partial charge in [-0.3, -0.25) is 4.79 Å². The number of carboxylic acids is 1. The van der Waals surface area contributed by atoms with Crippen molar-refractivity contribution in [3.05, 3.63) is 59.7 Å². The molecule has 4 nitrogen and oxygen atoms in total. The van der Waals surface area contributed by atoms with Crippen LogP contribution in [0.4, 0.5) is 0 Å². The highest BCUT2D eigenvalue weighted by Gasteiger charge is 2.05. The van der Waals surface area contributed by atoms with E-state index in [9.17, 15) is 9.59 Å². The van der Waals surface area contributed by atoms with Crippen LogP contribution in [-0.2, 0) is 16.0 Å². The number of carbonyl (C=O) groups is 2. The maximum Gasteiger partial charge on any atom is 0.337 e. The zero-order chi connectivity index (χ0) is 17.4. The highest BCUT2D eigenvalue weighted by atomic mass is 16.5. The Morgan fingerprint density at radius 2 is 1.46 bits per heavy atom. The number of benzene rings is 2. The summed E-state index contributed by atoms with van der Waals surface area (Å²) in [7, 11) is 1.37. The van der Waals surface area contributed by atoms with Gasteiger partial charge >= 0.3 is 11.9 Å². The van der Waals surface area contributed by atoms with E-state index in [4.69, 9.17) is 9.84 Å². The number of carbonyl (C=O) groups excluding carboxylic acids is 1. The molecule has 0 unspecified atom stereocenters. The van der Waals surface area contributed by atoms with E-state index in [0.717, 1.165) is 36.8 Å². The second kappa shape index (κ2) is 8.87. The van der Waals surface area contributed by atoms with Crippen LogP contribution < -0.4 is 0 Å². The lowest BCUT2D eigenvalue weighted by molar-refractivity contribution is -0.137. The molecule has 0 bridgehead atoms. The first-order valence-corrected chi connectivity index (χ1v) is 8.09. The third-order valence-corrected chi connectivity index (χ3v) is 3.95. The normalized spacial score (nSPS) is 10.4. The van der Waals surface area contributed by atoms with Crippen LogP contribution in [0.3, 0.4) is 0 Å². The first kappa shape index (κ1) is 17.7. The minimum atomic E-state index is -0.724. The summed E-state index contributed by atoms with van der Waals surface area (Å²) in [5, 5.41) is 8.60. The molecule has 2 rings (SSSR count). The number of ether oxygens (including phenoxy) is 1. The number of methoxy groups -OCH3 is 1. The van der Waals surface area contributed by atoms with E-state index in [1.54, 1.807) is 12.1 Å². The van der Waals surface area contributed by atoms with Gasteiger partial charge in [-0.2, -0.15) is 0 Å². The number of aliphatic carboxylic acids is 1. The second-order valence-corrected chi connectivity index (χ2v) is 5.72. The largest absolute Gasteiger partial charge is 0.481 e. The molecule has 1 N–H and O–H groups in total. The molecule has 0 amide bonds. The first-order chi connectivity index (χ1) is 11.6. The van der Waals surface area contributed by atoms with Gasteiger partial charge in [0, 0.05) is 6.42 Å². The molecule has 24 heavy (non-hydrogen) atoms. The summed E-state index contributed by atoms with van der Waals surface area (Å²) in [6, 6.07) is 15.7. The lowest BCUT2D eigenvalue weighted by Gasteiger charge is -2.06. The van der Waals surface area contributed by atoms with Crippen LogP contribution in [0.5, 0.6) is 0 Å². The van der Waals surface area contributed by atoms with Crippen LogP contribution in [0.1, 0.15) is 41.6 Å². The predicted molar refractivity (Wildman–Crippen MR) is 93.0 cm³/mol. The number of hydrogen-bond acceptors (Lipinski definition) is 3. The molecule has 0 heterocycles. The Bertz CT molecular complexity index is 672. The lowest BCUT2D eigenvalue weighted by atomic mass is 10.0. The molecule has 126 valence electrons. The Morgan fingerprint density at radius 1 is 0.875 bits per heavy atom. The Hall–Kier alpha value is -2.62. The van der Waals surface area contributed by atoms with E-state index < -0.39 is 5.97 Å². The molecule has 0 saturated carbocycles. The average Bonchev–Trinajstić information content (AvgIpc) is 2.61. The van der Waals surface area contributed by atoms with Crippen molar-refractivity contribution in [2.45, 2.75) is 32.1 Å². The molecule has 0 aromatic heterocycles. The third kappa shape index (κ3) is 5.23. The van der Waals surface area contributed by atoms with Gasteiger partial charge in [0.15, 0.2) is 0 Å². The van der Waals surface area contributed by atoms with Crippen molar-refractivity contribution in [3.8, 4) is 11.1 Å². The van der Waals surface area contributed by atoms with Crippen molar-refractivity contribution in [1.29, 1.82) is 0 Å². The summed E-state index contributed by atoms with van der Waals surface area (Å²) < 4.78 is 4.69. The van der Waals surface area contributed by atoms with Gasteiger partial charge < -0.3 is 9.84 Å². The summed E-state index contributed by atoms with van der Waals surface area (Å²) >= 11 is 0. The summed E-state index contributed by atoms with van der Waals surface area (Å²) in [6.07, 6.45) is 3.88. The van der Waals surface area contributed by atoms with E-state index in [0.29, 0.717) is 5.56 Å². The minimum Gasteiger partial charge on any atom is -0.481 e. The molecule has 4 heteroatoms. The standard InChI is InChI=1S/C20H22O4/c1-24-20(23)18-13-11-17(12-14-18)16-9-7-15(8-10-16)5-3-2-4-6-19(21)22/h7-14H,2-6H2,1H3,(H,21,22). The quantitative estimate of drug-likeness (QED) is 0.579. The van der Waals surface area contributed by atoms with E-state index in [1.807, 2.05) is 12.1 Å². The summed E-state index contributed by atoms with van der Waals surface area (Å²) in [5.74, 6) is -1.06. The van der Waals surface area contributed by atoms with E-state index in [1.165, 1.54) is 12.7 Å². The molecular weight excluding hydrogens is 304 g/mol. The fourth-order valence-corrected chi connectivity index (χ4v) is 2.56. The SMILES string of the molecule is COC(=O)c1ccc(-c2ccc(CCCCCC(=O)O)cc2)cc1. The van der Waals surface area contributed by atoms with E-state index in [-0.39, 0.29) is 12.4 Å². The van der Waals surface area contributed by atoms with Crippen molar-refractivity contribution in [2.24, 2.45) is 0 Å². The molecule has 2 aromatic rings. The van der Waals surface area contributed by atoms with Gasteiger partial charge in [-0.15, -0.1) is 0 Å². The molecule has 0 saturated heterocycles. The van der Waals surface area contributed by atoms with Gasteiger partial charge in [-0.25, -0.2) is 4.79 Å². The van der Waals surface area contributed by atoms with Crippen LogP contribution >= 0.6 is 0 Å². The number of esters is 1. The van der Waals surface area contributed by atoms with E-state index in [2.05, 4.69) is 24.3 Å². The maximum absolute atomic E-state index is 11.4. The third-order valence-electron chi connectivity index (χ3n) is 3.95. The Labute approximate surface area is 142 Å². The number of carboxylic acid groups (broad SMARTS) is 1. The highest BCUT2D eigenvalue weighted by Crippen LogP contribution is 2.21. The summed E-state index contributed by atoms with van der Waals surface area (Å²) in [4.78, 5) is 21.9. The highest BCUT2D eigenvalue weighted by molar-refractivity contribution is 5.89. The molecule has 0 atom stereocenters. The molecule has 0 spiro atoms. The van der Waals surface area contributed by atoms with Crippen molar-refractivity contribution >= 4 is 11.9 Å². The van der Waals surface area contributed by atoms with Crippen LogP contribution in [0.15, 0.2) is 48.5 Å². The molecule has 0 fully saturated rings. The van der Waals surface area contributed by atoms with Crippen LogP contribution in [0.25, 0.3) is 11.1 Å². The van der Waals surface area contributed by atoms with Crippen molar-refractivity contribution in [3.63, 3.8) is 0 Å². The fraction of sp³-hybridized carbons (Fsp3) is 0.300. The topological polar surface area (TPSA) is 63.6 Å². The van der Waals surface area contributed by atoms with Gasteiger partial charge in [-0.05, 0) is 48.1 Å². The summed E-state index contributed by atoms with van der Waals surface area (Å²) in [5.41, 5.74) is 3.94. The van der Waals surface area contributed by atoms with Gasteiger partial charge in [-0.1, -0.05) is 42.8 Å². The predicted octanol–water partition coefficient (Wildman–Crippen LogP) is 4.33. The van der Waals surface area contributed by atoms with Crippen LogP contribution in [0, 0.1) is 0 Å². The number of aryl methyl sites for hydroxylation is 1. The van der Waals surface area contributed by atoms with Crippen molar-refractivity contribution in [1.82, 2.24) is 0 Å². The zero-order valence-corrected chi connectivity index (χ0v) is 13.8. The molecule has 2 aromatic carbocycles. The molecule has 0 aliphatic rings. The molecule has 0 radical (unpaired) electrons. The Kier molecular flexibility index (Phi) is 6.55. The molecule has 0 aliphatic carbocycles. The average molecular weight is 326 g/mol.